The van der Waals surface area contributed by atoms with E-state index in [1.54, 1.807) is 13.8 Å². The van der Waals surface area contributed by atoms with E-state index in [9.17, 15) is 15.3 Å². The molecule has 10 nitrogen and oxygen atoms in total. The molecule has 3 heterocycles. The van der Waals surface area contributed by atoms with Gasteiger partial charge in [-0.05, 0) is 66.4 Å². The first-order valence-corrected chi connectivity index (χ1v) is 13.1. The van der Waals surface area contributed by atoms with E-state index in [2.05, 4.69) is 15.6 Å². The lowest BCUT2D eigenvalue weighted by Crippen LogP contribution is -2.40. The third-order valence-electron chi connectivity index (χ3n) is 7.63. The van der Waals surface area contributed by atoms with Crippen molar-refractivity contribution < 1.29 is 24.5 Å². The highest BCUT2D eigenvalue weighted by molar-refractivity contribution is 5.88. The number of aryl methyl sites for hydroxylation is 2. The fourth-order valence-corrected chi connectivity index (χ4v) is 5.35. The van der Waals surface area contributed by atoms with Crippen molar-refractivity contribution in [1.82, 2.24) is 15.0 Å². The maximum atomic E-state index is 10.8. The van der Waals surface area contributed by atoms with E-state index in [1.165, 1.54) is 6.42 Å². The molecule has 0 saturated heterocycles. The van der Waals surface area contributed by atoms with Gasteiger partial charge in [0.25, 0.3) is 0 Å². The van der Waals surface area contributed by atoms with E-state index in [1.807, 2.05) is 32.9 Å². The van der Waals surface area contributed by atoms with Gasteiger partial charge in [0.2, 0.25) is 11.8 Å². The van der Waals surface area contributed by atoms with Crippen LogP contribution in [0.15, 0.2) is 16.5 Å². The van der Waals surface area contributed by atoms with Gasteiger partial charge in [0, 0.05) is 23.4 Å². The van der Waals surface area contributed by atoms with Gasteiger partial charge in [-0.15, -0.1) is 12.4 Å². The van der Waals surface area contributed by atoms with Crippen LogP contribution in [0, 0.1) is 19.8 Å². The normalized spacial score (nSPS) is 23.7. The molecule has 2 saturated carbocycles. The minimum atomic E-state index is -1.14. The van der Waals surface area contributed by atoms with Crippen molar-refractivity contribution >= 4 is 35.1 Å². The van der Waals surface area contributed by atoms with Gasteiger partial charge in [-0.25, -0.2) is 9.97 Å². The topological polar surface area (TPSA) is 146 Å². The van der Waals surface area contributed by atoms with Crippen molar-refractivity contribution in [2.24, 2.45) is 5.92 Å². The summed E-state index contributed by atoms with van der Waals surface area (Å²) in [4.78, 5) is 14.0. The van der Waals surface area contributed by atoms with Gasteiger partial charge in [0.1, 0.15) is 17.7 Å². The summed E-state index contributed by atoms with van der Waals surface area (Å²) in [6.45, 7) is 9.50. The molecule has 3 aromatic rings. The van der Waals surface area contributed by atoms with Gasteiger partial charge in [-0.1, -0.05) is 0 Å². The Labute approximate surface area is 228 Å². The van der Waals surface area contributed by atoms with Crippen LogP contribution in [-0.2, 0) is 0 Å². The van der Waals surface area contributed by atoms with E-state index in [0.717, 1.165) is 18.2 Å². The first-order valence-electron chi connectivity index (χ1n) is 13.1. The number of ether oxygens (including phenoxy) is 1. The molecule has 0 radical (unpaired) electrons. The van der Waals surface area contributed by atoms with Gasteiger partial charge in [-0.3, -0.25) is 0 Å². The number of rotatable bonds is 8. The van der Waals surface area contributed by atoms with Gasteiger partial charge in [0.15, 0.2) is 5.58 Å². The maximum absolute atomic E-state index is 10.8. The summed E-state index contributed by atoms with van der Waals surface area (Å²) < 4.78 is 11.9. The summed E-state index contributed by atoms with van der Waals surface area (Å²) in [6, 6.07) is 3.59. The lowest BCUT2D eigenvalue weighted by atomic mass is 9.88. The van der Waals surface area contributed by atoms with Crippen molar-refractivity contribution in [3.05, 3.63) is 23.5 Å². The van der Waals surface area contributed by atoms with E-state index < -0.39 is 29.8 Å². The Balaban J connectivity index is 0.00000336. The van der Waals surface area contributed by atoms with E-state index in [0.29, 0.717) is 65.0 Å². The molecule has 4 atom stereocenters. The predicted octanol–water partition coefficient (Wildman–Crippen LogP) is 3.98. The van der Waals surface area contributed by atoms with Crippen LogP contribution in [0.5, 0.6) is 5.88 Å². The maximum Gasteiger partial charge on any atom is 0.225 e. The van der Waals surface area contributed by atoms with Crippen LogP contribution in [0.3, 0.4) is 0 Å². The van der Waals surface area contributed by atoms with Gasteiger partial charge in [0.05, 0.1) is 41.3 Å². The molecular formula is C27H38ClN5O5. The molecule has 0 bridgehead atoms. The van der Waals surface area contributed by atoms with E-state index in [4.69, 9.17) is 19.1 Å². The third-order valence-corrected chi connectivity index (χ3v) is 7.63. The molecule has 11 heteroatoms. The van der Waals surface area contributed by atoms with E-state index in [-0.39, 0.29) is 12.4 Å². The van der Waals surface area contributed by atoms with Crippen LogP contribution in [0.1, 0.15) is 57.8 Å². The average Bonchev–Trinajstić information content (AvgIpc) is 3.33. The number of pyridine rings is 1. The summed E-state index contributed by atoms with van der Waals surface area (Å²) in [5.74, 6) is 1.61. The summed E-state index contributed by atoms with van der Waals surface area (Å²) in [6.07, 6.45) is 1.57. The zero-order chi connectivity index (χ0) is 26.5. The molecule has 2 fully saturated rings. The molecule has 0 aliphatic heterocycles. The summed E-state index contributed by atoms with van der Waals surface area (Å²) >= 11 is 0. The molecule has 5 N–H and O–H groups in total. The molecule has 2 aliphatic carbocycles. The molecule has 3 aromatic heterocycles. The number of hydrogen-bond acceptors (Lipinski definition) is 10. The van der Waals surface area contributed by atoms with Crippen LogP contribution in [0.2, 0.25) is 0 Å². The average molecular weight is 548 g/mol. The molecule has 38 heavy (non-hydrogen) atoms. The number of anilines is 2. The number of furan rings is 1. The molecule has 2 aliphatic rings. The quantitative estimate of drug-likeness (QED) is 0.280. The van der Waals surface area contributed by atoms with Gasteiger partial charge < -0.3 is 35.1 Å². The highest BCUT2D eigenvalue weighted by Crippen LogP contribution is 2.40. The molecule has 5 rings (SSSR count). The van der Waals surface area contributed by atoms with Crippen LogP contribution in [-0.4, -0.2) is 66.8 Å². The lowest BCUT2D eigenvalue weighted by Gasteiger charge is -2.28. The second kappa shape index (κ2) is 10.8. The van der Waals surface area contributed by atoms with Gasteiger partial charge in [-0.2, -0.15) is 4.98 Å². The minimum Gasteiger partial charge on any atom is -0.478 e. The predicted molar refractivity (Wildman–Crippen MR) is 148 cm³/mol. The standard InChI is InChI=1S/C27H37N5O5.ClH/c1-6-36-20-11-15-10-19(37-24(15)14(3)28-20)21-13(2)29-26(30-16-8-7-9-16)32-25(21)31-18-12-17(27(4,5)35)22(33)23(18)34;/h10-11,16-18,22-23,33-35H,6-9,12H2,1-5H3,(H2,29,30,31,32);1H/t17-,18+,22+,23-;/m0./s1. The second-order valence-electron chi connectivity index (χ2n) is 10.9. The van der Waals surface area contributed by atoms with Gasteiger partial charge >= 0.3 is 0 Å². The highest BCUT2D eigenvalue weighted by Gasteiger charge is 2.48. The number of nitrogens with one attached hydrogen (secondary N) is 2. The number of nitrogens with zero attached hydrogens (tertiary/aromatic N) is 3. The summed E-state index contributed by atoms with van der Waals surface area (Å²) in [7, 11) is 0. The highest BCUT2D eigenvalue weighted by atomic mass is 35.5. The van der Waals surface area contributed by atoms with Crippen LogP contribution < -0.4 is 15.4 Å². The second-order valence-corrected chi connectivity index (χ2v) is 10.9. The lowest BCUT2D eigenvalue weighted by molar-refractivity contribution is -0.0601. The number of halogens is 1. The molecule has 0 aromatic carbocycles. The molecule has 0 unspecified atom stereocenters. The monoisotopic (exact) mass is 547 g/mol. The third kappa shape index (κ3) is 5.40. The summed E-state index contributed by atoms with van der Waals surface area (Å²) in [5.41, 5.74) is 1.60. The SMILES string of the molecule is CCOc1cc2cc(-c3c(C)nc(NC4CCC4)nc3N[C@@H]3C[C@H](C(C)(C)O)[C@@H](O)[C@H]3O)oc2c(C)n1.Cl. The molecule has 0 amide bonds. The van der Waals surface area contributed by atoms with Crippen LogP contribution in [0.4, 0.5) is 11.8 Å². The first kappa shape index (κ1) is 28.4. The number of aromatic nitrogens is 3. The van der Waals surface area contributed by atoms with Crippen molar-refractivity contribution in [2.45, 2.75) is 90.2 Å². The van der Waals surface area contributed by atoms with Crippen LogP contribution >= 0.6 is 12.4 Å². The van der Waals surface area contributed by atoms with Crippen molar-refractivity contribution in [2.75, 3.05) is 17.2 Å². The Bertz CT molecular complexity index is 1290. The molecule has 0 spiro atoms. The number of fused-ring (bicyclic) bond motifs is 1. The fourth-order valence-electron chi connectivity index (χ4n) is 5.35. The van der Waals surface area contributed by atoms with Crippen molar-refractivity contribution in [1.29, 1.82) is 0 Å². The fraction of sp³-hybridized carbons (Fsp3) is 0.593. The number of hydrogen-bond donors (Lipinski definition) is 5. The zero-order valence-electron chi connectivity index (χ0n) is 22.5. The molecular weight excluding hydrogens is 510 g/mol. The first-order chi connectivity index (χ1) is 17.5. The van der Waals surface area contributed by atoms with Crippen LogP contribution in [0.25, 0.3) is 22.3 Å². The molecule has 208 valence electrons. The number of aliphatic hydroxyl groups excluding tert-OH is 2. The minimum absolute atomic E-state index is 0. The smallest absolute Gasteiger partial charge is 0.225 e. The Morgan fingerprint density at radius 1 is 1.05 bits per heavy atom. The Hall–Kier alpha value is -2.66. The Kier molecular flexibility index (Phi) is 8.09. The number of aliphatic hydroxyl groups is 3. The largest absolute Gasteiger partial charge is 0.478 e. The Morgan fingerprint density at radius 3 is 2.39 bits per heavy atom. The van der Waals surface area contributed by atoms with E-state index >= 15 is 0 Å². The summed E-state index contributed by atoms with van der Waals surface area (Å²) in [5, 5.41) is 39.7. The van der Waals surface area contributed by atoms with Crippen molar-refractivity contribution in [3.63, 3.8) is 0 Å². The van der Waals surface area contributed by atoms with Crippen molar-refractivity contribution in [3.8, 4) is 17.2 Å². The zero-order valence-corrected chi connectivity index (χ0v) is 23.3. The Morgan fingerprint density at radius 2 is 1.79 bits per heavy atom.